The highest BCUT2D eigenvalue weighted by atomic mass is 79.9. The molecule has 0 saturated heterocycles. The molecule has 0 heterocycles. The van der Waals surface area contributed by atoms with Crippen LogP contribution >= 0.6 is 31.9 Å². The summed E-state index contributed by atoms with van der Waals surface area (Å²) in [6, 6.07) is 4.25. The summed E-state index contributed by atoms with van der Waals surface area (Å²) in [7, 11) is 0. The minimum absolute atomic E-state index is 0.671. The highest BCUT2D eigenvalue weighted by Gasteiger charge is 2.08. The van der Waals surface area contributed by atoms with Crippen LogP contribution in [0.1, 0.15) is 38.2 Å². The Morgan fingerprint density at radius 3 is 2.60 bits per heavy atom. The molecule has 0 bridgehead atoms. The minimum Gasteiger partial charge on any atom is -0.492 e. The lowest BCUT2D eigenvalue weighted by Crippen LogP contribution is -2.15. The van der Waals surface area contributed by atoms with Gasteiger partial charge in [0, 0.05) is 6.54 Å². The van der Waals surface area contributed by atoms with E-state index < -0.39 is 0 Å². The second-order valence-corrected chi connectivity index (χ2v) is 6.71. The van der Waals surface area contributed by atoms with Crippen molar-refractivity contribution in [3.63, 3.8) is 0 Å². The summed E-state index contributed by atoms with van der Waals surface area (Å²) < 4.78 is 7.60. The topological polar surface area (TPSA) is 21.3 Å². The van der Waals surface area contributed by atoms with Crippen LogP contribution in [0.2, 0.25) is 0 Å². The molecule has 0 aromatic heterocycles. The maximum absolute atomic E-state index is 5.59. The highest BCUT2D eigenvalue weighted by Crippen LogP contribution is 2.34. The van der Waals surface area contributed by atoms with Gasteiger partial charge in [0.2, 0.25) is 0 Å². The Labute approximate surface area is 138 Å². The molecule has 0 saturated carbocycles. The average molecular weight is 403 g/mol. The van der Waals surface area contributed by atoms with Gasteiger partial charge in [-0.3, -0.25) is 0 Å². The minimum atomic E-state index is 0.671. The molecule has 0 atom stereocenters. The summed E-state index contributed by atoms with van der Waals surface area (Å²) in [4.78, 5) is 0. The number of rotatable bonds is 7. The van der Waals surface area contributed by atoms with Crippen molar-refractivity contribution < 1.29 is 4.74 Å². The molecule has 2 rings (SSSR count). The standard InChI is InChI=1S/C16H21Br2NO/c1-2-20-16-14(17)9-13(10-15(16)18)11-19-8-7-12-5-3-4-6-12/h5,9-10,19H,2-4,6-8,11H2,1H3. The predicted molar refractivity (Wildman–Crippen MR) is 91.3 cm³/mol. The molecule has 1 aliphatic rings. The highest BCUT2D eigenvalue weighted by molar-refractivity contribution is 9.11. The van der Waals surface area contributed by atoms with Gasteiger partial charge >= 0.3 is 0 Å². The Kier molecular flexibility index (Phi) is 6.59. The van der Waals surface area contributed by atoms with Gasteiger partial charge in [-0.1, -0.05) is 11.6 Å². The van der Waals surface area contributed by atoms with Crippen LogP contribution in [0.3, 0.4) is 0 Å². The molecule has 0 radical (unpaired) electrons. The van der Waals surface area contributed by atoms with Crippen molar-refractivity contribution in [2.24, 2.45) is 0 Å². The van der Waals surface area contributed by atoms with E-state index in [2.05, 4.69) is 55.4 Å². The first-order chi connectivity index (χ1) is 9.70. The van der Waals surface area contributed by atoms with E-state index in [0.29, 0.717) is 6.61 Å². The largest absolute Gasteiger partial charge is 0.492 e. The lowest BCUT2D eigenvalue weighted by atomic mass is 10.1. The molecule has 4 heteroatoms. The fraction of sp³-hybridized carbons (Fsp3) is 0.500. The summed E-state index contributed by atoms with van der Waals surface area (Å²) in [6.45, 7) is 4.60. The van der Waals surface area contributed by atoms with Crippen LogP contribution in [0, 0.1) is 0 Å². The van der Waals surface area contributed by atoms with Crippen molar-refractivity contribution >= 4 is 31.9 Å². The predicted octanol–water partition coefficient (Wildman–Crippen LogP) is 5.20. The van der Waals surface area contributed by atoms with Crippen LogP contribution in [-0.2, 0) is 6.54 Å². The van der Waals surface area contributed by atoms with Crippen LogP contribution in [0.5, 0.6) is 5.75 Å². The van der Waals surface area contributed by atoms with Crippen molar-refractivity contribution in [1.82, 2.24) is 5.32 Å². The van der Waals surface area contributed by atoms with Gasteiger partial charge in [-0.05, 0) is 88.7 Å². The maximum Gasteiger partial charge on any atom is 0.147 e. The fourth-order valence-electron chi connectivity index (χ4n) is 2.44. The molecule has 0 unspecified atom stereocenters. The van der Waals surface area contributed by atoms with Crippen molar-refractivity contribution in [2.75, 3.05) is 13.2 Å². The van der Waals surface area contributed by atoms with E-state index >= 15 is 0 Å². The Morgan fingerprint density at radius 1 is 1.25 bits per heavy atom. The molecule has 0 spiro atoms. The molecule has 110 valence electrons. The van der Waals surface area contributed by atoms with Crippen molar-refractivity contribution in [2.45, 2.75) is 39.2 Å². The van der Waals surface area contributed by atoms with Crippen molar-refractivity contribution in [1.29, 1.82) is 0 Å². The zero-order valence-corrected chi connectivity index (χ0v) is 15.0. The molecule has 0 fully saturated rings. The van der Waals surface area contributed by atoms with E-state index in [1.165, 1.54) is 31.2 Å². The number of hydrogen-bond donors (Lipinski definition) is 1. The fourth-order valence-corrected chi connectivity index (χ4v) is 3.95. The van der Waals surface area contributed by atoms with E-state index in [1.54, 1.807) is 5.57 Å². The average Bonchev–Trinajstić information content (AvgIpc) is 2.92. The van der Waals surface area contributed by atoms with Crippen LogP contribution in [-0.4, -0.2) is 13.2 Å². The summed E-state index contributed by atoms with van der Waals surface area (Å²) in [5, 5.41) is 3.51. The first-order valence-corrected chi connectivity index (χ1v) is 8.78. The zero-order valence-electron chi connectivity index (χ0n) is 11.8. The number of allylic oxidation sites excluding steroid dienone is 1. The van der Waals surface area contributed by atoms with Gasteiger partial charge in [0.1, 0.15) is 5.75 Å². The van der Waals surface area contributed by atoms with Crippen LogP contribution in [0.25, 0.3) is 0 Å². The van der Waals surface area contributed by atoms with E-state index in [1.807, 2.05) is 6.92 Å². The number of nitrogens with one attached hydrogen (secondary N) is 1. The third-order valence-electron chi connectivity index (χ3n) is 3.43. The monoisotopic (exact) mass is 401 g/mol. The maximum atomic E-state index is 5.59. The van der Waals surface area contributed by atoms with Crippen LogP contribution in [0.4, 0.5) is 0 Å². The first kappa shape index (κ1) is 16.1. The Hall–Kier alpha value is -0.320. The molecule has 20 heavy (non-hydrogen) atoms. The molecule has 1 aromatic carbocycles. The van der Waals surface area contributed by atoms with Crippen molar-refractivity contribution in [3.05, 3.63) is 38.3 Å². The van der Waals surface area contributed by atoms with Gasteiger partial charge in [-0.2, -0.15) is 0 Å². The van der Waals surface area contributed by atoms with Gasteiger partial charge in [0.15, 0.2) is 0 Å². The molecule has 0 amide bonds. The first-order valence-electron chi connectivity index (χ1n) is 7.20. The van der Waals surface area contributed by atoms with Crippen LogP contribution < -0.4 is 10.1 Å². The molecule has 1 aliphatic carbocycles. The summed E-state index contributed by atoms with van der Waals surface area (Å²) >= 11 is 7.14. The summed E-state index contributed by atoms with van der Waals surface area (Å²) in [5.74, 6) is 0.882. The van der Waals surface area contributed by atoms with E-state index in [0.717, 1.165) is 27.8 Å². The third-order valence-corrected chi connectivity index (χ3v) is 4.61. The zero-order chi connectivity index (χ0) is 14.4. The second kappa shape index (κ2) is 8.20. The van der Waals surface area contributed by atoms with Crippen molar-refractivity contribution in [3.8, 4) is 5.75 Å². The Morgan fingerprint density at radius 2 is 2.00 bits per heavy atom. The van der Waals surface area contributed by atoms with Crippen LogP contribution in [0.15, 0.2) is 32.7 Å². The smallest absolute Gasteiger partial charge is 0.147 e. The third kappa shape index (κ3) is 4.61. The lowest BCUT2D eigenvalue weighted by molar-refractivity contribution is 0.336. The second-order valence-electron chi connectivity index (χ2n) is 5.00. The van der Waals surface area contributed by atoms with E-state index in [9.17, 15) is 0 Å². The number of hydrogen-bond acceptors (Lipinski definition) is 2. The molecule has 2 nitrogen and oxygen atoms in total. The van der Waals surface area contributed by atoms with Gasteiger partial charge in [0.25, 0.3) is 0 Å². The van der Waals surface area contributed by atoms with Gasteiger partial charge in [-0.15, -0.1) is 0 Å². The number of benzene rings is 1. The molecular weight excluding hydrogens is 382 g/mol. The molecular formula is C16H21Br2NO. The Bertz CT molecular complexity index is 462. The molecule has 0 aliphatic heterocycles. The molecule has 1 N–H and O–H groups in total. The summed E-state index contributed by atoms with van der Waals surface area (Å²) in [6.07, 6.45) is 7.48. The van der Waals surface area contributed by atoms with Gasteiger partial charge in [0.05, 0.1) is 15.6 Å². The Balaban J connectivity index is 1.83. The SMILES string of the molecule is CCOc1c(Br)cc(CNCCC2=CCCC2)cc1Br. The van der Waals surface area contributed by atoms with Gasteiger partial charge in [-0.25, -0.2) is 0 Å². The lowest BCUT2D eigenvalue weighted by Gasteiger charge is -2.11. The number of ether oxygens (including phenoxy) is 1. The van der Waals surface area contributed by atoms with E-state index in [-0.39, 0.29) is 0 Å². The summed E-state index contributed by atoms with van der Waals surface area (Å²) in [5.41, 5.74) is 2.87. The van der Waals surface area contributed by atoms with Gasteiger partial charge < -0.3 is 10.1 Å². The van der Waals surface area contributed by atoms with E-state index in [4.69, 9.17) is 4.74 Å². The normalized spacial score (nSPS) is 14.4. The molecule has 1 aromatic rings. The number of halogens is 2. The quantitative estimate of drug-likeness (QED) is 0.499.